The first-order valence-electron chi connectivity index (χ1n) is 7.22. The first kappa shape index (κ1) is 12.9. The summed E-state index contributed by atoms with van der Waals surface area (Å²) in [6.07, 6.45) is 8.34. The number of piperidine rings is 1. The van der Waals surface area contributed by atoms with Crippen molar-refractivity contribution in [3.8, 4) is 0 Å². The molecule has 1 heterocycles. The van der Waals surface area contributed by atoms with Crippen molar-refractivity contribution in [2.24, 2.45) is 11.8 Å². The maximum absolute atomic E-state index is 10.8. The lowest BCUT2D eigenvalue weighted by Crippen LogP contribution is -2.42. The highest BCUT2D eigenvalue weighted by Gasteiger charge is 2.30. The summed E-state index contributed by atoms with van der Waals surface area (Å²) in [5.74, 6) is 2.09. The van der Waals surface area contributed by atoms with Crippen molar-refractivity contribution in [2.45, 2.75) is 45.4 Å². The Morgan fingerprint density at radius 3 is 2.76 bits per heavy atom. The summed E-state index contributed by atoms with van der Waals surface area (Å²) in [5, 5.41) is 2.88. The minimum atomic E-state index is 0.0935. The minimum Gasteiger partial charge on any atom is -0.356 e. The van der Waals surface area contributed by atoms with Gasteiger partial charge >= 0.3 is 0 Å². The zero-order valence-corrected chi connectivity index (χ0v) is 11.1. The third-order valence-electron chi connectivity index (χ3n) is 4.40. The molecule has 0 aromatic carbocycles. The quantitative estimate of drug-likeness (QED) is 0.760. The van der Waals surface area contributed by atoms with Crippen LogP contribution in [0.25, 0.3) is 0 Å². The van der Waals surface area contributed by atoms with Crippen molar-refractivity contribution in [2.75, 3.05) is 26.2 Å². The van der Waals surface area contributed by atoms with Crippen LogP contribution >= 0.6 is 0 Å². The fourth-order valence-electron chi connectivity index (χ4n) is 3.45. The van der Waals surface area contributed by atoms with Crippen LogP contribution in [0.1, 0.15) is 45.4 Å². The summed E-state index contributed by atoms with van der Waals surface area (Å²) in [6, 6.07) is 0. The second-order valence-electron chi connectivity index (χ2n) is 5.73. The summed E-state index contributed by atoms with van der Waals surface area (Å²) < 4.78 is 0. The normalized spacial score (nSPS) is 29.7. The van der Waals surface area contributed by atoms with Crippen LogP contribution in [-0.4, -0.2) is 37.0 Å². The van der Waals surface area contributed by atoms with Gasteiger partial charge in [-0.25, -0.2) is 0 Å². The summed E-state index contributed by atoms with van der Waals surface area (Å²) >= 11 is 0. The van der Waals surface area contributed by atoms with Crippen LogP contribution < -0.4 is 5.32 Å². The van der Waals surface area contributed by atoms with Crippen molar-refractivity contribution in [3.63, 3.8) is 0 Å². The van der Waals surface area contributed by atoms with Crippen molar-refractivity contribution < 1.29 is 4.79 Å². The Morgan fingerprint density at radius 2 is 2.00 bits per heavy atom. The van der Waals surface area contributed by atoms with Crippen LogP contribution in [0.15, 0.2) is 0 Å². The lowest BCUT2D eigenvalue weighted by Gasteiger charge is -2.41. The number of fused-ring (bicyclic) bond motifs is 1. The Hall–Kier alpha value is -0.570. The third-order valence-corrected chi connectivity index (χ3v) is 4.40. The van der Waals surface area contributed by atoms with Gasteiger partial charge in [0.15, 0.2) is 0 Å². The van der Waals surface area contributed by atoms with Gasteiger partial charge in [0, 0.05) is 20.0 Å². The van der Waals surface area contributed by atoms with Crippen LogP contribution in [0.4, 0.5) is 0 Å². The third kappa shape index (κ3) is 3.98. The maximum Gasteiger partial charge on any atom is 0.216 e. The van der Waals surface area contributed by atoms with E-state index in [2.05, 4.69) is 10.2 Å². The molecule has 0 spiro atoms. The molecule has 17 heavy (non-hydrogen) atoms. The van der Waals surface area contributed by atoms with Gasteiger partial charge in [-0.2, -0.15) is 0 Å². The van der Waals surface area contributed by atoms with E-state index in [0.717, 1.165) is 31.3 Å². The average Bonchev–Trinajstić information content (AvgIpc) is 2.34. The molecule has 1 aliphatic carbocycles. The molecule has 3 nitrogen and oxygen atoms in total. The van der Waals surface area contributed by atoms with Gasteiger partial charge in [-0.3, -0.25) is 4.79 Å². The predicted molar refractivity (Wildman–Crippen MR) is 69.8 cm³/mol. The van der Waals surface area contributed by atoms with Gasteiger partial charge in [-0.15, -0.1) is 0 Å². The molecule has 3 heteroatoms. The zero-order valence-electron chi connectivity index (χ0n) is 11.1. The van der Waals surface area contributed by atoms with Crippen molar-refractivity contribution in [1.29, 1.82) is 0 Å². The van der Waals surface area contributed by atoms with Crippen molar-refractivity contribution in [1.82, 2.24) is 10.2 Å². The van der Waals surface area contributed by atoms with Gasteiger partial charge in [-0.1, -0.05) is 19.3 Å². The number of nitrogens with zero attached hydrogens (tertiary/aromatic N) is 1. The van der Waals surface area contributed by atoms with Crippen LogP contribution in [0.5, 0.6) is 0 Å². The highest BCUT2D eigenvalue weighted by atomic mass is 16.1. The number of nitrogens with one attached hydrogen (secondary N) is 1. The largest absolute Gasteiger partial charge is 0.356 e. The molecule has 0 aromatic heterocycles. The predicted octanol–water partition coefficient (Wildman–Crippen LogP) is 2.02. The monoisotopic (exact) mass is 238 g/mol. The molecule has 2 fully saturated rings. The smallest absolute Gasteiger partial charge is 0.216 e. The molecule has 98 valence electrons. The number of rotatable bonds is 4. The van der Waals surface area contributed by atoms with Gasteiger partial charge in [0.25, 0.3) is 0 Å². The van der Waals surface area contributed by atoms with Gasteiger partial charge in [0.05, 0.1) is 0 Å². The van der Waals surface area contributed by atoms with Gasteiger partial charge in [0.2, 0.25) is 5.91 Å². The zero-order chi connectivity index (χ0) is 12.1. The molecule has 1 aliphatic heterocycles. The summed E-state index contributed by atoms with van der Waals surface area (Å²) in [5.41, 5.74) is 0. The molecule has 2 atom stereocenters. The van der Waals surface area contributed by atoms with Crippen LogP contribution in [-0.2, 0) is 4.79 Å². The van der Waals surface area contributed by atoms with E-state index in [1.165, 1.54) is 45.2 Å². The molecule has 0 bridgehead atoms. The molecule has 2 unspecified atom stereocenters. The highest BCUT2D eigenvalue weighted by molar-refractivity contribution is 5.72. The fourth-order valence-corrected chi connectivity index (χ4v) is 3.45. The lowest BCUT2D eigenvalue weighted by molar-refractivity contribution is -0.118. The number of amides is 1. The van der Waals surface area contributed by atoms with Gasteiger partial charge in [-0.05, 0) is 44.2 Å². The summed E-state index contributed by atoms with van der Waals surface area (Å²) in [4.78, 5) is 13.4. The number of carbonyl (C=O) groups is 1. The standard InChI is InChI=1S/C14H26N2O/c1-12(17)15-8-4-9-16-10-7-13-5-2-3-6-14(13)11-16/h13-14H,2-11H2,1H3,(H,15,17). The molecular formula is C14H26N2O. The SMILES string of the molecule is CC(=O)NCCCN1CCC2CCCCC2C1. The second kappa shape index (κ2) is 6.39. The van der Waals surface area contributed by atoms with E-state index in [4.69, 9.17) is 0 Å². The summed E-state index contributed by atoms with van der Waals surface area (Å²) in [7, 11) is 0. The van der Waals surface area contributed by atoms with E-state index in [-0.39, 0.29) is 5.91 Å². The number of carbonyl (C=O) groups excluding carboxylic acids is 1. The molecular weight excluding hydrogens is 212 g/mol. The Labute approximate surface area is 105 Å². The minimum absolute atomic E-state index is 0.0935. The highest BCUT2D eigenvalue weighted by Crippen LogP contribution is 2.35. The van der Waals surface area contributed by atoms with Gasteiger partial charge < -0.3 is 10.2 Å². The Morgan fingerprint density at radius 1 is 1.24 bits per heavy atom. The van der Waals surface area contributed by atoms with E-state index in [9.17, 15) is 4.79 Å². The second-order valence-corrected chi connectivity index (χ2v) is 5.73. The lowest BCUT2D eigenvalue weighted by atomic mass is 9.75. The van der Waals surface area contributed by atoms with Crippen molar-refractivity contribution >= 4 is 5.91 Å². The molecule has 2 aliphatic rings. The molecule has 0 radical (unpaired) electrons. The van der Waals surface area contributed by atoms with Crippen LogP contribution in [0, 0.1) is 11.8 Å². The Balaban J connectivity index is 1.64. The molecule has 2 rings (SSSR count). The first-order valence-corrected chi connectivity index (χ1v) is 7.22. The topological polar surface area (TPSA) is 32.3 Å². The molecule has 1 amide bonds. The number of hydrogen-bond acceptors (Lipinski definition) is 2. The van der Waals surface area contributed by atoms with E-state index in [1.54, 1.807) is 6.92 Å². The van der Waals surface area contributed by atoms with E-state index in [1.807, 2.05) is 0 Å². The average molecular weight is 238 g/mol. The van der Waals surface area contributed by atoms with Gasteiger partial charge in [0.1, 0.15) is 0 Å². The number of likely N-dealkylation sites (tertiary alicyclic amines) is 1. The molecule has 0 aromatic rings. The van der Waals surface area contributed by atoms with E-state index >= 15 is 0 Å². The van der Waals surface area contributed by atoms with Crippen LogP contribution in [0.2, 0.25) is 0 Å². The molecule has 1 saturated heterocycles. The number of hydrogen-bond donors (Lipinski definition) is 1. The first-order chi connectivity index (χ1) is 8.25. The van der Waals surface area contributed by atoms with E-state index < -0.39 is 0 Å². The molecule has 1 saturated carbocycles. The summed E-state index contributed by atoms with van der Waals surface area (Å²) in [6.45, 7) is 6.17. The Kier molecular flexibility index (Phi) is 4.84. The Bertz CT molecular complexity index is 255. The maximum atomic E-state index is 10.8. The fraction of sp³-hybridized carbons (Fsp3) is 0.929. The van der Waals surface area contributed by atoms with E-state index in [0.29, 0.717) is 0 Å². The molecule has 1 N–H and O–H groups in total. The van der Waals surface area contributed by atoms with Crippen LogP contribution in [0.3, 0.4) is 0 Å². The van der Waals surface area contributed by atoms with Crippen molar-refractivity contribution in [3.05, 3.63) is 0 Å².